The Morgan fingerprint density at radius 2 is 1.26 bits per heavy atom. The van der Waals surface area contributed by atoms with Gasteiger partial charge in [-0.3, -0.25) is 10.2 Å². The zero-order valence-corrected chi connectivity index (χ0v) is 12.5. The number of benzene rings is 3. The summed E-state index contributed by atoms with van der Waals surface area (Å²) in [6.07, 6.45) is 0. The molecule has 0 saturated heterocycles. The molecule has 0 bridgehead atoms. The first-order valence-electron chi connectivity index (χ1n) is 7.26. The van der Waals surface area contributed by atoms with Crippen LogP contribution in [-0.2, 0) is 0 Å². The molecular formula is C19H17N3O. The van der Waals surface area contributed by atoms with E-state index in [4.69, 9.17) is 11.6 Å². The second-order valence-electron chi connectivity index (χ2n) is 5.16. The van der Waals surface area contributed by atoms with Crippen LogP contribution in [0.1, 0.15) is 10.4 Å². The molecule has 0 saturated carbocycles. The highest BCUT2D eigenvalue weighted by atomic mass is 16.2. The summed E-state index contributed by atoms with van der Waals surface area (Å²) in [5, 5.41) is 0. The van der Waals surface area contributed by atoms with Crippen LogP contribution in [0.15, 0.2) is 72.8 Å². The SMILES string of the molecule is NNC(=O)c1ccc(N)c(-c2ccccc2)c1-c1ccccc1. The van der Waals surface area contributed by atoms with Crippen molar-refractivity contribution in [3.05, 3.63) is 78.4 Å². The van der Waals surface area contributed by atoms with Crippen LogP contribution in [0.3, 0.4) is 0 Å². The van der Waals surface area contributed by atoms with Gasteiger partial charge in [0.15, 0.2) is 0 Å². The van der Waals surface area contributed by atoms with Crippen molar-refractivity contribution < 1.29 is 4.79 Å². The van der Waals surface area contributed by atoms with Gasteiger partial charge in [0.25, 0.3) is 5.91 Å². The van der Waals surface area contributed by atoms with Crippen LogP contribution in [0.5, 0.6) is 0 Å². The number of nitrogens with one attached hydrogen (secondary N) is 1. The van der Waals surface area contributed by atoms with Crippen LogP contribution in [0.4, 0.5) is 5.69 Å². The molecule has 0 fully saturated rings. The number of hydrogen-bond donors (Lipinski definition) is 3. The minimum absolute atomic E-state index is 0.346. The number of carbonyl (C=O) groups is 1. The van der Waals surface area contributed by atoms with Gasteiger partial charge in [0.05, 0.1) is 0 Å². The molecule has 4 heteroatoms. The summed E-state index contributed by atoms with van der Waals surface area (Å²) in [5.74, 6) is 5.00. The predicted octanol–water partition coefficient (Wildman–Crippen LogP) is 3.21. The number of hydrazine groups is 1. The van der Waals surface area contributed by atoms with Crippen molar-refractivity contribution in [1.29, 1.82) is 0 Å². The average molecular weight is 303 g/mol. The van der Waals surface area contributed by atoms with E-state index in [1.807, 2.05) is 60.7 Å². The molecule has 114 valence electrons. The lowest BCUT2D eigenvalue weighted by atomic mass is 9.89. The Morgan fingerprint density at radius 1 is 0.739 bits per heavy atom. The van der Waals surface area contributed by atoms with Crippen molar-refractivity contribution in [2.24, 2.45) is 5.84 Å². The summed E-state index contributed by atoms with van der Waals surface area (Å²) in [6.45, 7) is 0. The third-order valence-corrected chi connectivity index (χ3v) is 3.74. The molecule has 0 aliphatic carbocycles. The monoisotopic (exact) mass is 303 g/mol. The van der Waals surface area contributed by atoms with Crippen LogP contribution >= 0.6 is 0 Å². The Hall–Kier alpha value is -3.11. The summed E-state index contributed by atoms with van der Waals surface area (Å²) in [5.41, 5.74) is 13.0. The van der Waals surface area contributed by atoms with Crippen LogP contribution in [0.25, 0.3) is 22.3 Å². The van der Waals surface area contributed by atoms with Gasteiger partial charge < -0.3 is 5.73 Å². The van der Waals surface area contributed by atoms with E-state index in [-0.39, 0.29) is 5.91 Å². The fourth-order valence-electron chi connectivity index (χ4n) is 2.71. The van der Waals surface area contributed by atoms with E-state index in [1.54, 1.807) is 12.1 Å². The van der Waals surface area contributed by atoms with Gasteiger partial charge in [0.1, 0.15) is 0 Å². The summed E-state index contributed by atoms with van der Waals surface area (Å²) in [4.78, 5) is 12.2. The van der Waals surface area contributed by atoms with Crippen molar-refractivity contribution in [3.8, 4) is 22.3 Å². The van der Waals surface area contributed by atoms with Gasteiger partial charge in [-0.05, 0) is 23.3 Å². The van der Waals surface area contributed by atoms with Crippen LogP contribution in [-0.4, -0.2) is 5.91 Å². The lowest BCUT2D eigenvalue weighted by Crippen LogP contribution is -2.30. The third kappa shape index (κ3) is 2.80. The van der Waals surface area contributed by atoms with E-state index in [2.05, 4.69) is 5.43 Å². The molecule has 3 aromatic carbocycles. The zero-order valence-electron chi connectivity index (χ0n) is 12.5. The lowest BCUT2D eigenvalue weighted by molar-refractivity contribution is 0.0954. The van der Waals surface area contributed by atoms with E-state index >= 15 is 0 Å². The van der Waals surface area contributed by atoms with Gasteiger partial charge in [0, 0.05) is 22.4 Å². The zero-order chi connectivity index (χ0) is 16.2. The van der Waals surface area contributed by atoms with E-state index in [0.29, 0.717) is 11.3 Å². The molecule has 0 atom stereocenters. The first kappa shape index (κ1) is 14.8. The summed E-state index contributed by atoms with van der Waals surface area (Å²) in [7, 11) is 0. The number of nitrogens with two attached hydrogens (primary N) is 2. The van der Waals surface area contributed by atoms with Crippen molar-refractivity contribution in [3.63, 3.8) is 0 Å². The Bertz CT molecular complexity index is 830. The van der Waals surface area contributed by atoms with Gasteiger partial charge in [-0.1, -0.05) is 60.7 Å². The highest BCUT2D eigenvalue weighted by Crippen LogP contribution is 2.39. The molecule has 0 aromatic heterocycles. The minimum Gasteiger partial charge on any atom is -0.398 e. The van der Waals surface area contributed by atoms with Crippen molar-refractivity contribution >= 4 is 11.6 Å². The molecule has 4 nitrogen and oxygen atoms in total. The average Bonchev–Trinajstić information content (AvgIpc) is 2.62. The van der Waals surface area contributed by atoms with E-state index in [0.717, 1.165) is 22.3 Å². The van der Waals surface area contributed by atoms with Crippen molar-refractivity contribution in [1.82, 2.24) is 5.43 Å². The summed E-state index contributed by atoms with van der Waals surface area (Å²) < 4.78 is 0. The molecule has 23 heavy (non-hydrogen) atoms. The third-order valence-electron chi connectivity index (χ3n) is 3.74. The Balaban J connectivity index is 2.36. The molecule has 3 rings (SSSR count). The normalized spacial score (nSPS) is 10.3. The van der Waals surface area contributed by atoms with Gasteiger partial charge in [-0.25, -0.2) is 5.84 Å². The van der Waals surface area contributed by atoms with Gasteiger partial charge in [0.2, 0.25) is 0 Å². The fourth-order valence-corrected chi connectivity index (χ4v) is 2.71. The number of anilines is 1. The highest BCUT2D eigenvalue weighted by Gasteiger charge is 2.19. The Morgan fingerprint density at radius 3 is 1.78 bits per heavy atom. The number of carbonyl (C=O) groups excluding carboxylic acids is 1. The maximum absolute atomic E-state index is 12.2. The second kappa shape index (κ2) is 6.34. The number of hydrogen-bond acceptors (Lipinski definition) is 3. The van der Waals surface area contributed by atoms with Crippen LogP contribution in [0.2, 0.25) is 0 Å². The predicted molar refractivity (Wildman–Crippen MR) is 93.4 cm³/mol. The highest BCUT2D eigenvalue weighted by molar-refractivity contribution is 6.06. The molecule has 0 radical (unpaired) electrons. The Labute approximate surface area is 134 Å². The molecule has 0 spiro atoms. The quantitative estimate of drug-likeness (QED) is 0.301. The van der Waals surface area contributed by atoms with E-state index in [9.17, 15) is 4.79 Å². The maximum atomic E-state index is 12.2. The van der Waals surface area contributed by atoms with Gasteiger partial charge in [-0.15, -0.1) is 0 Å². The molecular weight excluding hydrogens is 286 g/mol. The first-order valence-corrected chi connectivity index (χ1v) is 7.26. The second-order valence-corrected chi connectivity index (χ2v) is 5.16. The number of rotatable bonds is 3. The molecule has 1 amide bonds. The summed E-state index contributed by atoms with van der Waals surface area (Å²) >= 11 is 0. The van der Waals surface area contributed by atoms with Gasteiger partial charge in [-0.2, -0.15) is 0 Å². The van der Waals surface area contributed by atoms with Gasteiger partial charge >= 0.3 is 0 Å². The van der Waals surface area contributed by atoms with Crippen LogP contribution < -0.4 is 17.0 Å². The Kier molecular flexibility index (Phi) is 4.08. The standard InChI is InChI=1S/C19H17N3O/c20-16-12-11-15(19(23)22-21)17(13-7-3-1-4-8-13)18(16)14-9-5-2-6-10-14/h1-12H,20-21H2,(H,22,23). The molecule has 0 aliphatic rings. The fraction of sp³-hybridized carbons (Fsp3) is 0. The smallest absolute Gasteiger partial charge is 0.265 e. The van der Waals surface area contributed by atoms with Crippen molar-refractivity contribution in [2.75, 3.05) is 5.73 Å². The minimum atomic E-state index is -0.346. The van der Waals surface area contributed by atoms with Crippen molar-refractivity contribution in [2.45, 2.75) is 0 Å². The molecule has 3 aromatic rings. The molecule has 0 unspecified atom stereocenters. The largest absolute Gasteiger partial charge is 0.398 e. The number of amides is 1. The van der Waals surface area contributed by atoms with E-state index in [1.165, 1.54) is 0 Å². The van der Waals surface area contributed by atoms with E-state index < -0.39 is 0 Å². The maximum Gasteiger partial charge on any atom is 0.265 e. The topological polar surface area (TPSA) is 81.1 Å². The molecule has 0 aliphatic heterocycles. The van der Waals surface area contributed by atoms with Crippen LogP contribution in [0, 0.1) is 0 Å². The summed E-state index contributed by atoms with van der Waals surface area (Å²) in [6, 6.07) is 22.9. The molecule has 5 N–H and O–H groups in total. The molecule has 0 heterocycles. The first-order chi connectivity index (χ1) is 11.2. The lowest BCUT2D eigenvalue weighted by Gasteiger charge is -2.17. The number of nitrogen functional groups attached to an aromatic ring is 2.